The highest BCUT2D eigenvalue weighted by Crippen LogP contribution is 2.40. The molecule has 0 bridgehead atoms. The number of anilines is 1. The van der Waals surface area contributed by atoms with E-state index < -0.39 is 30.1 Å². The predicted octanol–water partition coefficient (Wildman–Crippen LogP) is 3.09. The lowest BCUT2D eigenvalue weighted by atomic mass is 10.1. The third kappa shape index (κ3) is 3.68. The average molecular weight is 425 g/mol. The van der Waals surface area contributed by atoms with E-state index in [1.807, 2.05) is 13.8 Å². The van der Waals surface area contributed by atoms with Crippen LogP contribution in [0.1, 0.15) is 42.7 Å². The summed E-state index contributed by atoms with van der Waals surface area (Å²) in [6.45, 7) is 5.86. The van der Waals surface area contributed by atoms with Gasteiger partial charge in [0.2, 0.25) is 0 Å². The van der Waals surface area contributed by atoms with Gasteiger partial charge in [0.25, 0.3) is 5.91 Å². The maximum absolute atomic E-state index is 13.3. The number of ether oxygens (including phenoxy) is 1. The molecule has 4 rings (SSSR count). The number of nitrogens with zero attached hydrogens (tertiary/aromatic N) is 4. The van der Waals surface area contributed by atoms with Crippen LogP contribution in [0, 0.1) is 18.8 Å². The Labute approximate surface area is 170 Å². The van der Waals surface area contributed by atoms with Crippen molar-refractivity contribution in [3.63, 3.8) is 0 Å². The normalized spacial score (nSPS) is 20.7. The Hall–Kier alpha value is -2.85. The first-order chi connectivity index (χ1) is 14.1. The Morgan fingerprint density at radius 2 is 2.03 bits per heavy atom. The lowest BCUT2D eigenvalue weighted by Gasteiger charge is -2.21. The van der Waals surface area contributed by atoms with E-state index in [4.69, 9.17) is 4.74 Å². The molecule has 2 amide bonds. The van der Waals surface area contributed by atoms with Gasteiger partial charge in [-0.05, 0) is 31.6 Å². The number of aromatic nitrogens is 3. The summed E-state index contributed by atoms with van der Waals surface area (Å²) in [4.78, 5) is 30.6. The van der Waals surface area contributed by atoms with Crippen molar-refractivity contribution in [2.45, 2.75) is 51.9 Å². The quantitative estimate of drug-likeness (QED) is 0.795. The zero-order valence-electron chi connectivity index (χ0n) is 16.7. The van der Waals surface area contributed by atoms with E-state index >= 15 is 0 Å². The van der Waals surface area contributed by atoms with Gasteiger partial charge < -0.3 is 10.1 Å². The molecule has 11 heteroatoms. The second-order valence-electron chi connectivity index (χ2n) is 8.16. The number of hydrogen-bond donors (Lipinski definition) is 1. The predicted molar refractivity (Wildman–Crippen MR) is 100 cm³/mol. The standard InChI is InChI=1S/C19H22F3N5O3/c1-9(2)13-8-26(18(29)30-13)14-6-10(3)27-16(24-14)12(7-23-27)17(28)25-15(11-4-5-11)19(20,21)22/h6-7,9,11,13,15H,4-5,8H2,1-3H3,(H,25,28)/t13?,15-/m0/s1. The first-order valence-electron chi connectivity index (χ1n) is 9.77. The molecule has 8 nitrogen and oxygen atoms in total. The summed E-state index contributed by atoms with van der Waals surface area (Å²) >= 11 is 0. The number of nitrogens with one attached hydrogen (secondary N) is 1. The van der Waals surface area contributed by atoms with Crippen LogP contribution in [0.15, 0.2) is 12.3 Å². The molecule has 1 unspecified atom stereocenters. The Balaban J connectivity index is 1.65. The highest BCUT2D eigenvalue weighted by atomic mass is 19.4. The van der Waals surface area contributed by atoms with Gasteiger partial charge in [-0.3, -0.25) is 9.69 Å². The van der Waals surface area contributed by atoms with E-state index in [1.165, 1.54) is 15.6 Å². The third-order valence-electron chi connectivity index (χ3n) is 5.47. The molecule has 0 spiro atoms. The van der Waals surface area contributed by atoms with Crippen molar-refractivity contribution in [3.05, 3.63) is 23.5 Å². The summed E-state index contributed by atoms with van der Waals surface area (Å²) in [5.74, 6) is -1.13. The average Bonchev–Trinajstić information content (AvgIpc) is 3.26. The van der Waals surface area contributed by atoms with Crippen molar-refractivity contribution in [2.24, 2.45) is 11.8 Å². The van der Waals surface area contributed by atoms with Crippen LogP contribution in [-0.2, 0) is 4.74 Å². The van der Waals surface area contributed by atoms with E-state index in [1.54, 1.807) is 13.0 Å². The minimum atomic E-state index is -4.53. The van der Waals surface area contributed by atoms with Crippen molar-refractivity contribution in [3.8, 4) is 0 Å². The van der Waals surface area contributed by atoms with Gasteiger partial charge in [0, 0.05) is 11.8 Å². The number of fused-ring (bicyclic) bond motifs is 1. The van der Waals surface area contributed by atoms with Crippen LogP contribution >= 0.6 is 0 Å². The zero-order valence-corrected chi connectivity index (χ0v) is 16.7. The van der Waals surface area contributed by atoms with E-state index in [2.05, 4.69) is 15.4 Å². The molecule has 3 heterocycles. The van der Waals surface area contributed by atoms with Gasteiger partial charge in [-0.2, -0.15) is 18.3 Å². The molecule has 0 radical (unpaired) electrons. The Bertz CT molecular complexity index is 999. The van der Waals surface area contributed by atoms with Gasteiger partial charge in [0.05, 0.1) is 12.7 Å². The van der Waals surface area contributed by atoms with Crippen molar-refractivity contribution < 1.29 is 27.5 Å². The van der Waals surface area contributed by atoms with Gasteiger partial charge in [-0.25, -0.2) is 14.3 Å². The summed E-state index contributed by atoms with van der Waals surface area (Å²) in [5.41, 5.74) is 0.576. The number of amides is 2. The van der Waals surface area contributed by atoms with Crippen molar-refractivity contribution >= 4 is 23.5 Å². The highest BCUT2D eigenvalue weighted by molar-refractivity contribution is 6.00. The molecule has 30 heavy (non-hydrogen) atoms. The SMILES string of the molecule is Cc1cc(N2CC(C(C)C)OC2=O)nc2c(C(=O)N[C@@H](C3CC3)C(F)(F)F)cnn12. The molecule has 1 saturated heterocycles. The second-order valence-corrected chi connectivity index (χ2v) is 8.16. The largest absolute Gasteiger partial charge is 0.444 e. The lowest BCUT2D eigenvalue weighted by Crippen LogP contribution is -2.46. The van der Waals surface area contributed by atoms with Crippen molar-refractivity contribution in [1.29, 1.82) is 0 Å². The van der Waals surface area contributed by atoms with Crippen LogP contribution in [-0.4, -0.2) is 51.5 Å². The molecular formula is C19H22F3N5O3. The number of aryl methyl sites for hydroxylation is 1. The van der Waals surface area contributed by atoms with Gasteiger partial charge in [0.15, 0.2) is 5.65 Å². The molecule has 1 aliphatic heterocycles. The maximum atomic E-state index is 13.3. The number of carbonyl (C=O) groups excluding carboxylic acids is 2. The Morgan fingerprint density at radius 1 is 1.33 bits per heavy atom. The van der Waals surface area contributed by atoms with Crippen LogP contribution < -0.4 is 10.2 Å². The van der Waals surface area contributed by atoms with E-state index in [0.717, 1.165) is 0 Å². The molecule has 2 fully saturated rings. The molecule has 1 N–H and O–H groups in total. The van der Waals surface area contributed by atoms with Gasteiger partial charge in [-0.1, -0.05) is 13.8 Å². The molecule has 0 aromatic carbocycles. The molecule has 2 aromatic heterocycles. The molecule has 2 atom stereocenters. The lowest BCUT2D eigenvalue weighted by molar-refractivity contribution is -0.158. The highest BCUT2D eigenvalue weighted by Gasteiger charge is 2.50. The van der Waals surface area contributed by atoms with Crippen LogP contribution in [0.5, 0.6) is 0 Å². The van der Waals surface area contributed by atoms with Crippen LogP contribution in [0.2, 0.25) is 0 Å². The van der Waals surface area contributed by atoms with Crippen LogP contribution in [0.25, 0.3) is 5.65 Å². The van der Waals surface area contributed by atoms with Crippen LogP contribution in [0.3, 0.4) is 0 Å². The summed E-state index contributed by atoms with van der Waals surface area (Å²) in [6.07, 6.45) is -3.34. The van der Waals surface area contributed by atoms with Crippen molar-refractivity contribution in [1.82, 2.24) is 19.9 Å². The maximum Gasteiger partial charge on any atom is 0.415 e. The molecule has 2 aliphatic rings. The fourth-order valence-electron chi connectivity index (χ4n) is 3.53. The van der Waals surface area contributed by atoms with Crippen LogP contribution in [0.4, 0.5) is 23.8 Å². The number of halogens is 3. The van der Waals surface area contributed by atoms with Gasteiger partial charge in [-0.15, -0.1) is 0 Å². The Morgan fingerprint density at radius 3 is 2.60 bits per heavy atom. The van der Waals surface area contributed by atoms with Gasteiger partial charge in [0.1, 0.15) is 23.5 Å². The zero-order chi connectivity index (χ0) is 21.8. The van der Waals surface area contributed by atoms with E-state index in [9.17, 15) is 22.8 Å². The fourth-order valence-corrected chi connectivity index (χ4v) is 3.53. The topological polar surface area (TPSA) is 88.8 Å². The molecular weight excluding hydrogens is 403 g/mol. The number of alkyl halides is 3. The number of rotatable bonds is 5. The van der Waals surface area contributed by atoms with Crippen molar-refractivity contribution in [2.75, 3.05) is 11.4 Å². The summed E-state index contributed by atoms with van der Waals surface area (Å²) < 4.78 is 46.6. The summed E-state index contributed by atoms with van der Waals surface area (Å²) in [6, 6.07) is -0.279. The molecule has 1 saturated carbocycles. The minimum Gasteiger partial charge on any atom is -0.444 e. The summed E-state index contributed by atoms with van der Waals surface area (Å²) in [5, 5.41) is 6.17. The fraction of sp³-hybridized carbons (Fsp3) is 0.579. The summed E-state index contributed by atoms with van der Waals surface area (Å²) in [7, 11) is 0. The monoisotopic (exact) mass is 425 g/mol. The number of cyclic esters (lactones) is 1. The first kappa shape index (κ1) is 20.4. The Kier molecular flexibility index (Phi) is 4.86. The smallest absolute Gasteiger partial charge is 0.415 e. The first-order valence-corrected chi connectivity index (χ1v) is 9.77. The molecule has 1 aliphatic carbocycles. The molecule has 162 valence electrons. The third-order valence-corrected chi connectivity index (χ3v) is 5.47. The van der Waals surface area contributed by atoms with E-state index in [0.29, 0.717) is 25.1 Å². The van der Waals surface area contributed by atoms with E-state index in [-0.39, 0.29) is 29.1 Å². The minimum absolute atomic E-state index is 0.0807. The second kappa shape index (κ2) is 7.13. The molecule has 2 aromatic rings. The van der Waals surface area contributed by atoms with Gasteiger partial charge >= 0.3 is 12.3 Å². The number of carbonyl (C=O) groups is 2. The number of hydrogen-bond acceptors (Lipinski definition) is 5.